The number of fused-ring (bicyclic) bond motifs is 1. The molecule has 1 aromatic heterocycles. The van der Waals surface area contributed by atoms with Crippen LogP contribution < -0.4 is 5.32 Å². The number of anilines is 1. The molecule has 0 saturated carbocycles. The van der Waals surface area contributed by atoms with Gasteiger partial charge in [0.1, 0.15) is 5.82 Å². The molecular weight excluding hydrogens is 531 g/mol. The molecule has 5 rings (SSSR count). The van der Waals surface area contributed by atoms with Crippen LogP contribution in [0.15, 0.2) is 60.0 Å². The van der Waals surface area contributed by atoms with E-state index in [2.05, 4.69) is 21.7 Å². The summed E-state index contributed by atoms with van der Waals surface area (Å²) in [5.41, 5.74) is 3.11. The Morgan fingerprint density at radius 3 is 2.48 bits per heavy atom. The number of nitrogens with zero attached hydrogens (tertiary/aromatic N) is 3. The van der Waals surface area contributed by atoms with E-state index in [-0.39, 0.29) is 23.8 Å². The number of esters is 1. The number of carbonyl (C=O) groups excluding carboxylic acids is 3. The summed E-state index contributed by atoms with van der Waals surface area (Å²) < 4.78 is 19.0. The summed E-state index contributed by atoms with van der Waals surface area (Å²) in [6, 6.07) is 15.1. The average Bonchev–Trinajstić information content (AvgIpc) is 3.45. The second-order valence-electron chi connectivity index (χ2n) is 9.89. The maximum absolute atomic E-state index is 14.1. The molecule has 3 amide bonds. The molecule has 0 spiro atoms. The van der Waals surface area contributed by atoms with Crippen LogP contribution in [-0.2, 0) is 16.0 Å². The lowest BCUT2D eigenvalue weighted by molar-refractivity contribution is -0.133. The van der Waals surface area contributed by atoms with E-state index in [9.17, 15) is 18.8 Å². The number of halogens is 1. The molecule has 8 nitrogen and oxygen atoms in total. The number of urea groups is 1. The number of carbonyl (C=O) groups is 3. The largest absolute Gasteiger partial charge is 0.462 e. The minimum absolute atomic E-state index is 0.0590. The number of hydrogen-bond donors (Lipinski definition) is 1. The normalized spacial score (nSPS) is 17.3. The summed E-state index contributed by atoms with van der Waals surface area (Å²) in [5, 5.41) is 4.93. The third-order valence-electron chi connectivity index (χ3n) is 7.41. The van der Waals surface area contributed by atoms with Crippen molar-refractivity contribution in [1.29, 1.82) is 0 Å². The van der Waals surface area contributed by atoms with Gasteiger partial charge in [-0.15, -0.1) is 11.3 Å². The Balaban J connectivity index is 1.12. The number of ether oxygens (including phenoxy) is 1. The molecule has 0 aliphatic carbocycles. The Kier molecular flexibility index (Phi) is 8.76. The number of rotatable bonds is 7. The third-order valence-corrected chi connectivity index (χ3v) is 8.41. The van der Waals surface area contributed by atoms with Crippen LogP contribution in [0.4, 0.5) is 14.9 Å². The van der Waals surface area contributed by atoms with Crippen molar-refractivity contribution >= 4 is 34.9 Å². The van der Waals surface area contributed by atoms with Crippen LogP contribution in [0.5, 0.6) is 0 Å². The maximum atomic E-state index is 14.1. The number of amides is 3. The Labute approximate surface area is 237 Å². The first-order valence-corrected chi connectivity index (χ1v) is 14.5. The van der Waals surface area contributed by atoms with Gasteiger partial charge >= 0.3 is 12.0 Å². The molecule has 2 aromatic carbocycles. The van der Waals surface area contributed by atoms with Crippen LogP contribution in [0, 0.1) is 5.82 Å². The lowest BCUT2D eigenvalue weighted by Gasteiger charge is -2.38. The lowest BCUT2D eigenvalue weighted by atomic mass is 9.93. The fraction of sp³-hybridized carbons (Fsp3) is 0.367. The van der Waals surface area contributed by atoms with Gasteiger partial charge in [-0.3, -0.25) is 9.69 Å². The van der Waals surface area contributed by atoms with Gasteiger partial charge in [0.15, 0.2) is 0 Å². The van der Waals surface area contributed by atoms with E-state index in [4.69, 9.17) is 4.74 Å². The van der Waals surface area contributed by atoms with Crippen LogP contribution in [0.1, 0.15) is 45.7 Å². The van der Waals surface area contributed by atoms with Crippen molar-refractivity contribution in [3.63, 3.8) is 0 Å². The van der Waals surface area contributed by atoms with Gasteiger partial charge in [0.05, 0.1) is 18.2 Å². The van der Waals surface area contributed by atoms with Crippen LogP contribution in [0.25, 0.3) is 0 Å². The van der Waals surface area contributed by atoms with Gasteiger partial charge in [0, 0.05) is 56.3 Å². The molecule has 1 N–H and O–H groups in total. The van der Waals surface area contributed by atoms with E-state index in [1.54, 1.807) is 59.6 Å². The molecule has 3 aromatic rings. The molecule has 3 heterocycles. The molecule has 1 fully saturated rings. The fourth-order valence-electron chi connectivity index (χ4n) is 5.34. The standard InChI is InChI=1S/C30H33FN4O4S/c1-2-39-29(37)21-6-8-24(9-7-21)32-30(38)35-17-15-33(16-18-35)27(36)11-14-34-13-10-26-25(12-19-40-26)28(34)22-4-3-5-23(31)20-22/h3-9,12,19-20,28H,2,10-11,13-18H2,1H3,(H,32,38). The van der Waals surface area contributed by atoms with Crippen molar-refractivity contribution in [2.24, 2.45) is 0 Å². The average molecular weight is 565 g/mol. The summed E-state index contributed by atoms with van der Waals surface area (Å²) in [6.07, 6.45) is 1.29. The van der Waals surface area contributed by atoms with E-state index in [1.807, 2.05) is 11.0 Å². The van der Waals surface area contributed by atoms with E-state index >= 15 is 0 Å². The quantitative estimate of drug-likeness (QED) is 0.418. The number of nitrogens with one attached hydrogen (secondary N) is 1. The van der Waals surface area contributed by atoms with Crippen LogP contribution in [0.2, 0.25) is 0 Å². The van der Waals surface area contributed by atoms with E-state index < -0.39 is 5.97 Å². The minimum Gasteiger partial charge on any atom is -0.462 e. The summed E-state index contributed by atoms with van der Waals surface area (Å²) in [7, 11) is 0. The van der Waals surface area contributed by atoms with E-state index in [1.165, 1.54) is 16.5 Å². The molecule has 10 heteroatoms. The Morgan fingerprint density at radius 2 is 1.75 bits per heavy atom. The van der Waals surface area contributed by atoms with Gasteiger partial charge in [-0.25, -0.2) is 14.0 Å². The number of hydrogen-bond acceptors (Lipinski definition) is 6. The monoisotopic (exact) mass is 564 g/mol. The van der Waals surface area contributed by atoms with Crippen molar-refractivity contribution in [3.8, 4) is 0 Å². The molecule has 1 atom stereocenters. The molecule has 0 radical (unpaired) electrons. The highest BCUT2D eigenvalue weighted by atomic mass is 32.1. The lowest BCUT2D eigenvalue weighted by Crippen LogP contribution is -2.52. The van der Waals surface area contributed by atoms with Gasteiger partial charge in [-0.2, -0.15) is 0 Å². The zero-order chi connectivity index (χ0) is 28.1. The van der Waals surface area contributed by atoms with Crippen molar-refractivity contribution in [2.75, 3.05) is 51.2 Å². The van der Waals surface area contributed by atoms with Crippen molar-refractivity contribution in [2.45, 2.75) is 25.8 Å². The summed E-state index contributed by atoms with van der Waals surface area (Å²) in [4.78, 5) is 44.8. The van der Waals surface area contributed by atoms with Crippen molar-refractivity contribution in [3.05, 3.63) is 87.4 Å². The third kappa shape index (κ3) is 6.34. The number of benzene rings is 2. The highest BCUT2D eigenvalue weighted by Crippen LogP contribution is 2.38. The fourth-order valence-corrected chi connectivity index (χ4v) is 6.24. The SMILES string of the molecule is CCOC(=O)c1ccc(NC(=O)N2CCN(C(=O)CCN3CCc4sccc4C3c3cccc(F)c3)CC2)cc1. The molecule has 210 valence electrons. The van der Waals surface area contributed by atoms with Crippen LogP contribution >= 0.6 is 11.3 Å². The molecule has 2 aliphatic rings. The van der Waals surface area contributed by atoms with E-state index in [0.717, 1.165) is 18.5 Å². The van der Waals surface area contributed by atoms with Gasteiger partial charge in [-0.1, -0.05) is 12.1 Å². The van der Waals surface area contributed by atoms with Crippen LogP contribution in [0.3, 0.4) is 0 Å². The molecule has 0 bridgehead atoms. The Bertz CT molecular complexity index is 1350. The second-order valence-corrected chi connectivity index (χ2v) is 10.9. The highest BCUT2D eigenvalue weighted by Gasteiger charge is 2.31. The zero-order valence-electron chi connectivity index (χ0n) is 22.5. The van der Waals surface area contributed by atoms with Gasteiger partial charge < -0.3 is 19.9 Å². The summed E-state index contributed by atoms with van der Waals surface area (Å²) in [6.45, 7) is 5.26. The maximum Gasteiger partial charge on any atom is 0.338 e. The predicted octanol–water partition coefficient (Wildman–Crippen LogP) is 4.78. The topological polar surface area (TPSA) is 82.2 Å². The van der Waals surface area contributed by atoms with E-state index in [0.29, 0.717) is 57.0 Å². The minimum atomic E-state index is -0.401. The van der Waals surface area contributed by atoms with Crippen LogP contribution in [-0.4, -0.2) is 78.5 Å². The van der Waals surface area contributed by atoms with Crippen molar-refractivity contribution in [1.82, 2.24) is 14.7 Å². The smallest absolute Gasteiger partial charge is 0.338 e. The molecule has 40 heavy (non-hydrogen) atoms. The van der Waals surface area contributed by atoms with Gasteiger partial charge in [0.2, 0.25) is 5.91 Å². The molecular formula is C30H33FN4O4S. The summed E-state index contributed by atoms with van der Waals surface area (Å²) >= 11 is 1.73. The second kappa shape index (κ2) is 12.6. The van der Waals surface area contributed by atoms with Gasteiger partial charge in [-0.05, 0) is 72.3 Å². The molecule has 1 unspecified atom stereocenters. The van der Waals surface area contributed by atoms with Crippen molar-refractivity contribution < 1.29 is 23.5 Å². The zero-order valence-corrected chi connectivity index (χ0v) is 23.3. The first-order valence-electron chi connectivity index (χ1n) is 13.6. The predicted molar refractivity (Wildman–Crippen MR) is 152 cm³/mol. The first kappa shape index (κ1) is 27.8. The molecule has 2 aliphatic heterocycles. The first-order chi connectivity index (χ1) is 19.4. The Hall–Kier alpha value is -3.76. The van der Waals surface area contributed by atoms with Gasteiger partial charge in [0.25, 0.3) is 0 Å². The summed E-state index contributed by atoms with van der Waals surface area (Å²) in [5.74, 6) is -0.600. The molecule has 1 saturated heterocycles. The highest BCUT2D eigenvalue weighted by molar-refractivity contribution is 7.10. The number of piperazine rings is 1. The Morgan fingerprint density at radius 1 is 1.00 bits per heavy atom. The number of thiophene rings is 1.